The summed E-state index contributed by atoms with van der Waals surface area (Å²) in [5, 5.41) is 6.61. The number of hydrogen-bond donors (Lipinski definition) is 2. The maximum atomic E-state index is 13.8. The van der Waals surface area contributed by atoms with E-state index in [1.54, 1.807) is 26.3 Å². The van der Waals surface area contributed by atoms with Gasteiger partial charge in [0.2, 0.25) is 0 Å². The smallest absolute Gasteiger partial charge is 0.191 e. The first-order valence-electron chi connectivity index (χ1n) is 8.46. The second-order valence-corrected chi connectivity index (χ2v) is 7.38. The minimum atomic E-state index is -0.214. The molecule has 0 aromatic heterocycles. The highest BCUT2D eigenvalue weighted by atomic mass is 79.9. The molecule has 1 aromatic carbocycles. The zero-order valence-electron chi connectivity index (χ0n) is 14.5. The van der Waals surface area contributed by atoms with Crippen molar-refractivity contribution >= 4 is 21.9 Å². The number of hydrogen-bond acceptors (Lipinski definition) is 2. The Morgan fingerprint density at radius 2 is 2.08 bits per heavy atom. The number of aliphatic imine (C=N–C) groups is 1. The third-order valence-electron chi connectivity index (χ3n) is 4.81. The summed E-state index contributed by atoms with van der Waals surface area (Å²) in [7, 11) is 3.49. The minimum absolute atomic E-state index is 0.214. The fourth-order valence-electron chi connectivity index (χ4n) is 3.31. The predicted molar refractivity (Wildman–Crippen MR) is 99.7 cm³/mol. The van der Waals surface area contributed by atoms with Crippen LogP contribution in [0.4, 0.5) is 4.39 Å². The van der Waals surface area contributed by atoms with Gasteiger partial charge in [-0.1, -0.05) is 28.8 Å². The Kier molecular flexibility index (Phi) is 7.49. The van der Waals surface area contributed by atoms with Gasteiger partial charge in [-0.3, -0.25) is 4.99 Å². The van der Waals surface area contributed by atoms with Gasteiger partial charge in [0.05, 0.1) is 0 Å². The highest BCUT2D eigenvalue weighted by Crippen LogP contribution is 2.40. The number of benzene rings is 1. The molecule has 2 rings (SSSR count). The lowest BCUT2D eigenvalue weighted by atomic mass is 9.83. The Balaban J connectivity index is 1.88. The Hall–Kier alpha value is -1.14. The summed E-state index contributed by atoms with van der Waals surface area (Å²) in [6.07, 6.45) is 6.07. The van der Waals surface area contributed by atoms with E-state index >= 15 is 0 Å². The molecular formula is C18H27BrFN3O. The van der Waals surface area contributed by atoms with Gasteiger partial charge in [0, 0.05) is 43.9 Å². The molecule has 1 aliphatic carbocycles. The van der Waals surface area contributed by atoms with Crippen molar-refractivity contribution in [1.29, 1.82) is 0 Å². The number of methoxy groups -OCH3 is 1. The summed E-state index contributed by atoms with van der Waals surface area (Å²) in [5.41, 5.74) is 0.900. The number of rotatable bonds is 7. The van der Waals surface area contributed by atoms with E-state index in [9.17, 15) is 4.39 Å². The van der Waals surface area contributed by atoms with Crippen LogP contribution in [0.1, 0.15) is 37.7 Å². The molecule has 1 aliphatic rings. The van der Waals surface area contributed by atoms with Crippen LogP contribution in [0.15, 0.2) is 27.7 Å². The van der Waals surface area contributed by atoms with Crippen molar-refractivity contribution in [2.75, 3.05) is 27.3 Å². The van der Waals surface area contributed by atoms with Gasteiger partial charge in [-0.15, -0.1) is 0 Å². The van der Waals surface area contributed by atoms with Gasteiger partial charge >= 0.3 is 0 Å². The molecule has 0 heterocycles. The van der Waals surface area contributed by atoms with Crippen molar-refractivity contribution in [3.63, 3.8) is 0 Å². The molecule has 6 heteroatoms. The Morgan fingerprint density at radius 1 is 1.33 bits per heavy atom. The Bertz CT molecular complexity index is 559. The number of nitrogens with zero attached hydrogens (tertiary/aromatic N) is 1. The lowest BCUT2D eigenvalue weighted by Gasteiger charge is -2.30. The van der Waals surface area contributed by atoms with Crippen molar-refractivity contribution in [2.24, 2.45) is 10.4 Å². The summed E-state index contributed by atoms with van der Waals surface area (Å²) >= 11 is 3.37. The van der Waals surface area contributed by atoms with Gasteiger partial charge in [0.25, 0.3) is 0 Å². The van der Waals surface area contributed by atoms with Crippen LogP contribution in [0.3, 0.4) is 0 Å². The largest absolute Gasteiger partial charge is 0.385 e. The average Bonchev–Trinajstić information content (AvgIpc) is 3.05. The maximum absolute atomic E-state index is 13.8. The first-order valence-corrected chi connectivity index (χ1v) is 9.25. The first kappa shape index (κ1) is 19.2. The van der Waals surface area contributed by atoms with Crippen LogP contribution in [0.5, 0.6) is 0 Å². The van der Waals surface area contributed by atoms with Crippen LogP contribution in [-0.2, 0) is 11.3 Å². The second-order valence-electron chi connectivity index (χ2n) is 6.46. The quantitative estimate of drug-likeness (QED) is 0.540. The Morgan fingerprint density at radius 3 is 2.75 bits per heavy atom. The van der Waals surface area contributed by atoms with Gasteiger partial charge in [-0.25, -0.2) is 4.39 Å². The fraction of sp³-hybridized carbons (Fsp3) is 0.611. The molecular weight excluding hydrogens is 373 g/mol. The molecule has 0 unspecified atom stereocenters. The molecule has 0 radical (unpaired) electrons. The highest BCUT2D eigenvalue weighted by molar-refractivity contribution is 9.10. The van der Waals surface area contributed by atoms with Crippen molar-refractivity contribution < 1.29 is 9.13 Å². The molecule has 0 atom stereocenters. The summed E-state index contributed by atoms with van der Waals surface area (Å²) < 4.78 is 20.0. The van der Waals surface area contributed by atoms with Crippen molar-refractivity contribution in [3.8, 4) is 0 Å². The maximum Gasteiger partial charge on any atom is 0.191 e. The Labute approximate surface area is 152 Å². The van der Waals surface area contributed by atoms with Gasteiger partial charge in [0.1, 0.15) is 5.82 Å². The van der Waals surface area contributed by atoms with Gasteiger partial charge in [0.15, 0.2) is 5.96 Å². The zero-order valence-corrected chi connectivity index (χ0v) is 16.1. The van der Waals surface area contributed by atoms with Gasteiger partial charge in [-0.2, -0.15) is 0 Å². The van der Waals surface area contributed by atoms with Crippen LogP contribution >= 0.6 is 15.9 Å². The minimum Gasteiger partial charge on any atom is -0.385 e. The predicted octanol–water partition coefficient (Wildman–Crippen LogP) is 3.85. The topological polar surface area (TPSA) is 45.7 Å². The number of ether oxygens (including phenoxy) is 1. The van der Waals surface area contributed by atoms with E-state index in [2.05, 4.69) is 31.6 Å². The third kappa shape index (κ3) is 5.45. The molecule has 0 saturated heterocycles. The monoisotopic (exact) mass is 399 g/mol. The van der Waals surface area contributed by atoms with Gasteiger partial charge < -0.3 is 15.4 Å². The van der Waals surface area contributed by atoms with E-state index in [4.69, 9.17) is 4.74 Å². The van der Waals surface area contributed by atoms with E-state index in [1.165, 1.54) is 31.7 Å². The van der Waals surface area contributed by atoms with Crippen LogP contribution in [0, 0.1) is 11.2 Å². The van der Waals surface area contributed by atoms with E-state index in [0.717, 1.165) is 24.0 Å². The third-order valence-corrected chi connectivity index (χ3v) is 5.30. The second kappa shape index (κ2) is 9.37. The molecule has 24 heavy (non-hydrogen) atoms. The van der Waals surface area contributed by atoms with Crippen molar-refractivity contribution in [3.05, 3.63) is 34.1 Å². The molecule has 0 spiro atoms. The first-order chi connectivity index (χ1) is 11.6. The number of halogens is 2. The summed E-state index contributed by atoms with van der Waals surface area (Å²) in [4.78, 5) is 4.26. The average molecular weight is 400 g/mol. The number of guanidine groups is 1. The molecule has 134 valence electrons. The molecule has 2 N–H and O–H groups in total. The molecule has 1 saturated carbocycles. The van der Waals surface area contributed by atoms with Crippen LogP contribution in [0.2, 0.25) is 0 Å². The molecule has 1 fully saturated rings. The number of nitrogens with one attached hydrogen (secondary N) is 2. The molecule has 1 aromatic rings. The molecule has 0 bridgehead atoms. The van der Waals surface area contributed by atoms with Gasteiger partial charge in [-0.05, 0) is 42.9 Å². The van der Waals surface area contributed by atoms with Crippen LogP contribution in [0.25, 0.3) is 0 Å². The lowest BCUT2D eigenvalue weighted by molar-refractivity contribution is 0.138. The summed E-state index contributed by atoms with van der Waals surface area (Å²) in [5.74, 6) is 0.492. The SMILES string of the molecule is CN=C(NCc1cc(Br)ccc1F)NCC1(CCOC)CCCC1. The van der Waals surface area contributed by atoms with Crippen LogP contribution < -0.4 is 10.6 Å². The molecule has 0 amide bonds. The van der Waals surface area contributed by atoms with Crippen molar-refractivity contribution in [2.45, 2.75) is 38.6 Å². The fourth-order valence-corrected chi connectivity index (χ4v) is 3.72. The van der Waals surface area contributed by atoms with E-state index < -0.39 is 0 Å². The standard InChI is InChI=1S/C18H27BrFN3O/c1-21-17(22-12-14-11-15(19)5-6-16(14)20)23-13-18(9-10-24-2)7-3-4-8-18/h5-6,11H,3-4,7-10,12-13H2,1-2H3,(H2,21,22,23). The summed E-state index contributed by atoms with van der Waals surface area (Å²) in [6, 6.07) is 4.95. The van der Waals surface area contributed by atoms with E-state index in [1.807, 2.05) is 0 Å². The van der Waals surface area contributed by atoms with Crippen LogP contribution in [-0.4, -0.2) is 33.3 Å². The normalized spacial score (nSPS) is 17.1. The molecule has 4 nitrogen and oxygen atoms in total. The zero-order chi connectivity index (χ0) is 17.4. The lowest BCUT2D eigenvalue weighted by Crippen LogP contribution is -2.43. The van der Waals surface area contributed by atoms with E-state index in [-0.39, 0.29) is 11.2 Å². The molecule has 0 aliphatic heterocycles. The highest BCUT2D eigenvalue weighted by Gasteiger charge is 2.33. The van der Waals surface area contributed by atoms with Crippen molar-refractivity contribution in [1.82, 2.24) is 10.6 Å². The summed E-state index contributed by atoms with van der Waals surface area (Å²) in [6.45, 7) is 2.06. The van der Waals surface area contributed by atoms with E-state index in [0.29, 0.717) is 18.1 Å².